The maximum atomic E-state index is 10.7. The van der Waals surface area contributed by atoms with Gasteiger partial charge in [-0.15, -0.1) is 0 Å². The molecule has 18 heavy (non-hydrogen) atoms. The van der Waals surface area contributed by atoms with E-state index in [0.29, 0.717) is 6.42 Å². The average molecular weight is 271 g/mol. The summed E-state index contributed by atoms with van der Waals surface area (Å²) in [7, 11) is 5.35. The molecule has 0 heterocycles. The third kappa shape index (κ3) is 5.76. The number of allylic oxidation sites excluding steroid dienone is 1. The number of hydrazine groups is 1. The highest BCUT2D eigenvalue weighted by atomic mass is 32.1. The first-order valence-corrected chi connectivity index (χ1v) is 5.89. The summed E-state index contributed by atoms with van der Waals surface area (Å²) in [6, 6.07) is 0. The Labute approximate surface area is 113 Å². The highest BCUT2D eigenvalue weighted by molar-refractivity contribution is 7.80. The molecule has 1 atom stereocenters. The monoisotopic (exact) mass is 271 g/mol. The molecule has 0 spiro atoms. The number of thiocarbonyl (C=S) groups is 1. The van der Waals surface area contributed by atoms with Crippen LogP contribution in [-0.2, 0) is 4.79 Å². The summed E-state index contributed by atoms with van der Waals surface area (Å²) < 4.78 is 0. The predicted molar refractivity (Wildman–Crippen MR) is 77.7 cm³/mol. The van der Waals surface area contributed by atoms with E-state index in [9.17, 15) is 4.79 Å². The maximum absolute atomic E-state index is 10.7. The van der Waals surface area contributed by atoms with Gasteiger partial charge >= 0.3 is 0 Å². The second kappa shape index (κ2) is 8.62. The van der Waals surface area contributed by atoms with Gasteiger partial charge in [0.2, 0.25) is 0 Å². The van der Waals surface area contributed by atoms with Crippen molar-refractivity contribution in [3.63, 3.8) is 0 Å². The third-order valence-electron chi connectivity index (χ3n) is 2.43. The molecule has 6 N–H and O–H groups in total. The first-order chi connectivity index (χ1) is 8.53. The average Bonchev–Trinajstić information content (AvgIpc) is 2.39. The molecule has 7 heteroatoms. The Kier molecular flexibility index (Phi) is 7.93. The highest BCUT2D eigenvalue weighted by Crippen LogP contribution is 2.16. The van der Waals surface area contributed by atoms with E-state index in [1.165, 1.54) is 0 Å². The van der Waals surface area contributed by atoms with Gasteiger partial charge in [0.05, 0.1) is 5.54 Å². The second-order valence-corrected chi connectivity index (χ2v) is 4.03. The van der Waals surface area contributed by atoms with E-state index in [4.69, 9.17) is 5.73 Å². The van der Waals surface area contributed by atoms with Crippen molar-refractivity contribution in [1.29, 1.82) is 0 Å². The molecule has 1 aliphatic carbocycles. The molecular formula is C11H21N5OS. The van der Waals surface area contributed by atoms with Gasteiger partial charge in [-0.25, -0.2) is 5.43 Å². The van der Waals surface area contributed by atoms with E-state index < -0.39 is 5.54 Å². The van der Waals surface area contributed by atoms with E-state index in [1.54, 1.807) is 14.1 Å². The lowest BCUT2D eigenvalue weighted by Crippen LogP contribution is -2.43. The maximum Gasteiger partial charge on any atom is 0.178 e. The molecular weight excluding hydrogens is 250 g/mol. The Morgan fingerprint density at radius 2 is 2.17 bits per heavy atom. The summed E-state index contributed by atoms with van der Waals surface area (Å²) >= 11 is 4.40. The number of likely N-dealkylation sites (N-methyl/N-ethyl adjacent to an activating group) is 2. The zero-order valence-corrected chi connectivity index (χ0v) is 11.7. The van der Waals surface area contributed by atoms with Crippen LogP contribution >= 0.6 is 12.2 Å². The van der Waals surface area contributed by atoms with E-state index >= 15 is 0 Å². The molecule has 0 fully saturated rings. The van der Waals surface area contributed by atoms with Crippen LogP contribution in [0.4, 0.5) is 0 Å². The van der Waals surface area contributed by atoms with Crippen LogP contribution < -0.4 is 27.2 Å². The van der Waals surface area contributed by atoms with Crippen LogP contribution in [-0.4, -0.2) is 38.1 Å². The van der Waals surface area contributed by atoms with Crippen molar-refractivity contribution in [2.45, 2.75) is 12.0 Å². The SMILES string of the molecule is CNC1=CCC(C=O)(NC)C=C1.CNNC(N)=S. The quantitative estimate of drug-likeness (QED) is 0.259. The molecule has 0 aromatic carbocycles. The van der Waals surface area contributed by atoms with Crippen molar-refractivity contribution in [2.24, 2.45) is 5.73 Å². The van der Waals surface area contributed by atoms with Gasteiger partial charge in [-0.2, -0.15) is 0 Å². The molecule has 0 aromatic heterocycles. The van der Waals surface area contributed by atoms with Gasteiger partial charge in [0.15, 0.2) is 5.11 Å². The first kappa shape index (κ1) is 16.6. The zero-order valence-electron chi connectivity index (χ0n) is 10.9. The number of rotatable bonds is 4. The highest BCUT2D eigenvalue weighted by Gasteiger charge is 2.24. The van der Waals surface area contributed by atoms with Gasteiger partial charge < -0.3 is 21.2 Å². The minimum absolute atomic E-state index is 0.262. The number of nitrogens with one attached hydrogen (secondary N) is 4. The number of aldehydes is 1. The molecule has 0 bridgehead atoms. The molecule has 1 unspecified atom stereocenters. The molecule has 0 aromatic rings. The summed E-state index contributed by atoms with van der Waals surface area (Å²) in [5.41, 5.74) is 10.6. The summed E-state index contributed by atoms with van der Waals surface area (Å²) in [6.07, 6.45) is 7.44. The van der Waals surface area contributed by atoms with E-state index in [2.05, 4.69) is 33.7 Å². The number of nitrogens with two attached hydrogens (primary N) is 1. The van der Waals surface area contributed by atoms with Crippen molar-refractivity contribution in [3.05, 3.63) is 23.9 Å². The van der Waals surface area contributed by atoms with Crippen LogP contribution in [0.5, 0.6) is 0 Å². The van der Waals surface area contributed by atoms with Crippen LogP contribution in [0, 0.1) is 0 Å². The number of carbonyl (C=O) groups is 1. The van der Waals surface area contributed by atoms with Gasteiger partial charge in [-0.3, -0.25) is 5.43 Å². The van der Waals surface area contributed by atoms with Crippen molar-refractivity contribution >= 4 is 23.6 Å². The van der Waals surface area contributed by atoms with E-state index in [0.717, 1.165) is 12.0 Å². The Bertz CT molecular complexity index is 342. The molecule has 102 valence electrons. The summed E-state index contributed by atoms with van der Waals surface area (Å²) in [6.45, 7) is 0. The molecule has 0 aliphatic heterocycles. The molecule has 1 aliphatic rings. The smallest absolute Gasteiger partial charge is 0.178 e. The molecule has 0 saturated carbocycles. The molecule has 6 nitrogen and oxygen atoms in total. The fourth-order valence-electron chi connectivity index (χ4n) is 1.29. The summed E-state index contributed by atoms with van der Waals surface area (Å²) in [5, 5.41) is 6.27. The standard InChI is InChI=1S/C9H14N2O.C2H7N3S/c1-10-8-3-5-9(7-12,11-2)6-4-8;1-4-5-2(3)6/h3-5,7,10-11H,6H2,1-2H3;4H,1H3,(H3,3,5,6). The van der Waals surface area contributed by atoms with Gasteiger partial charge in [0.1, 0.15) is 6.29 Å². The third-order valence-corrected chi connectivity index (χ3v) is 2.53. The molecule has 1 rings (SSSR count). The Morgan fingerprint density at radius 3 is 2.39 bits per heavy atom. The van der Waals surface area contributed by atoms with Gasteiger partial charge in [0.25, 0.3) is 0 Å². The number of hydrogen-bond acceptors (Lipinski definition) is 5. The largest absolute Gasteiger partial charge is 0.388 e. The number of carbonyl (C=O) groups excluding carboxylic acids is 1. The van der Waals surface area contributed by atoms with Crippen LogP contribution in [0.3, 0.4) is 0 Å². The predicted octanol–water partition coefficient (Wildman–Crippen LogP) is -0.839. The van der Waals surface area contributed by atoms with Gasteiger partial charge in [-0.1, -0.05) is 12.2 Å². The van der Waals surface area contributed by atoms with Gasteiger partial charge in [-0.05, 0) is 31.8 Å². The van der Waals surface area contributed by atoms with E-state index in [1.807, 2.05) is 25.3 Å². The van der Waals surface area contributed by atoms with Gasteiger partial charge in [0, 0.05) is 19.8 Å². The molecule has 0 radical (unpaired) electrons. The summed E-state index contributed by atoms with van der Waals surface area (Å²) in [4.78, 5) is 10.7. The minimum atomic E-state index is -0.486. The Balaban J connectivity index is 0.000000411. The van der Waals surface area contributed by atoms with Crippen molar-refractivity contribution in [2.75, 3.05) is 21.1 Å². The van der Waals surface area contributed by atoms with Crippen molar-refractivity contribution < 1.29 is 4.79 Å². The lowest BCUT2D eigenvalue weighted by Gasteiger charge is -2.25. The Morgan fingerprint density at radius 1 is 1.50 bits per heavy atom. The van der Waals surface area contributed by atoms with Crippen LogP contribution in [0.2, 0.25) is 0 Å². The van der Waals surface area contributed by atoms with Crippen molar-refractivity contribution in [1.82, 2.24) is 21.5 Å². The first-order valence-electron chi connectivity index (χ1n) is 5.48. The second-order valence-electron chi connectivity index (χ2n) is 3.59. The fourth-order valence-corrected chi connectivity index (χ4v) is 1.40. The van der Waals surface area contributed by atoms with E-state index in [-0.39, 0.29) is 5.11 Å². The van der Waals surface area contributed by atoms with Crippen LogP contribution in [0.15, 0.2) is 23.9 Å². The molecule has 0 amide bonds. The topological polar surface area (TPSA) is 91.2 Å². The fraction of sp³-hybridized carbons (Fsp3) is 0.455. The summed E-state index contributed by atoms with van der Waals surface area (Å²) in [5.74, 6) is 0. The van der Waals surface area contributed by atoms with Crippen LogP contribution in [0.25, 0.3) is 0 Å². The minimum Gasteiger partial charge on any atom is -0.388 e. The molecule has 0 saturated heterocycles. The Hall–Kier alpha value is -1.44. The zero-order chi connectivity index (χ0) is 14.0. The lowest BCUT2D eigenvalue weighted by atomic mass is 9.92. The van der Waals surface area contributed by atoms with Crippen molar-refractivity contribution in [3.8, 4) is 0 Å². The van der Waals surface area contributed by atoms with Crippen LogP contribution in [0.1, 0.15) is 6.42 Å². The number of hydrogen-bond donors (Lipinski definition) is 5. The lowest BCUT2D eigenvalue weighted by molar-refractivity contribution is -0.111. The normalized spacial score (nSPS) is 21.2.